The maximum Gasteiger partial charge on any atom is 0.336 e. The Morgan fingerprint density at radius 2 is 1.60 bits per heavy atom. The van der Waals surface area contributed by atoms with E-state index in [4.69, 9.17) is 58.1 Å². The lowest BCUT2D eigenvalue weighted by molar-refractivity contribution is -0.139. The summed E-state index contributed by atoms with van der Waals surface area (Å²) < 4.78 is 21.7. The summed E-state index contributed by atoms with van der Waals surface area (Å²) in [5.41, 5.74) is 7.40. The molecule has 232 valence electrons. The topological polar surface area (TPSA) is 184 Å². The van der Waals surface area contributed by atoms with E-state index in [1.807, 2.05) is 0 Å². The Kier molecular flexibility index (Phi) is 17.1. The predicted molar refractivity (Wildman–Crippen MR) is 155 cm³/mol. The fourth-order valence-corrected chi connectivity index (χ4v) is 4.18. The molecule has 1 atom stereocenters. The molecular weight excluding hydrogens is 595 g/mol. The molecule has 1 aliphatic heterocycles. The molecule has 0 fully saturated rings. The van der Waals surface area contributed by atoms with E-state index < -0.39 is 29.8 Å². The van der Waals surface area contributed by atoms with Crippen LogP contribution in [-0.4, -0.2) is 80.8 Å². The first-order chi connectivity index (χ1) is 20.0. The summed E-state index contributed by atoms with van der Waals surface area (Å²) in [7, 11) is 1.28. The van der Waals surface area contributed by atoms with Gasteiger partial charge in [-0.2, -0.15) is 0 Å². The Labute approximate surface area is 254 Å². The third-order valence-electron chi connectivity index (χ3n) is 5.52. The van der Waals surface area contributed by atoms with Crippen LogP contribution in [0.1, 0.15) is 38.2 Å². The number of carboxylic acid groups (broad SMARTS) is 2. The normalized spacial score (nSPS) is 14.7. The molecule has 42 heavy (non-hydrogen) atoms. The molecule has 1 aromatic rings. The van der Waals surface area contributed by atoms with E-state index in [0.717, 1.165) is 6.42 Å². The molecular formula is C28H36Cl2N2O10. The molecule has 0 aromatic heterocycles. The van der Waals surface area contributed by atoms with Gasteiger partial charge in [-0.1, -0.05) is 35.3 Å². The monoisotopic (exact) mass is 630 g/mol. The van der Waals surface area contributed by atoms with Gasteiger partial charge in [0.25, 0.3) is 0 Å². The number of dihydropyridines is 1. The molecule has 0 unspecified atom stereocenters. The number of methoxy groups -OCH3 is 1. The number of aliphatic carboxylic acids is 2. The van der Waals surface area contributed by atoms with Gasteiger partial charge in [-0.3, -0.25) is 0 Å². The number of nitrogens with two attached hydrogens (primary N) is 1. The summed E-state index contributed by atoms with van der Waals surface area (Å²) in [6, 6.07) is 5.06. The molecule has 1 aromatic carbocycles. The highest BCUT2D eigenvalue weighted by molar-refractivity contribution is 6.42. The lowest BCUT2D eigenvalue weighted by atomic mass is 9.80. The minimum atomic E-state index is -1.26. The number of nitrogens with one attached hydrogen (secondary N) is 1. The van der Waals surface area contributed by atoms with Crippen molar-refractivity contribution < 1.29 is 48.3 Å². The molecule has 2 rings (SSSR count). The third kappa shape index (κ3) is 11.8. The van der Waals surface area contributed by atoms with Crippen molar-refractivity contribution >= 4 is 47.1 Å². The van der Waals surface area contributed by atoms with Crippen LogP contribution < -0.4 is 11.1 Å². The van der Waals surface area contributed by atoms with Crippen LogP contribution in [0.2, 0.25) is 10.0 Å². The van der Waals surface area contributed by atoms with Gasteiger partial charge in [-0.05, 0) is 44.9 Å². The lowest BCUT2D eigenvalue weighted by Gasteiger charge is -2.31. The Hall–Kier alpha value is -3.42. The number of rotatable bonds is 15. The molecule has 14 heteroatoms. The number of carbonyl (C=O) groups excluding carboxylic acids is 2. The fourth-order valence-electron chi connectivity index (χ4n) is 3.76. The predicted octanol–water partition coefficient (Wildman–Crippen LogP) is 3.43. The SMILES string of the molecule is CCOC(=O)C1=C(COCCCOCCCN)NC(C)=C(C(=O)OC)[C@H]1c1cccc(Cl)c1Cl.O=C(O)C=CC(=O)O. The maximum absolute atomic E-state index is 13.1. The molecule has 0 aliphatic carbocycles. The molecule has 0 saturated carbocycles. The number of hydrogen-bond donors (Lipinski definition) is 4. The van der Waals surface area contributed by atoms with Crippen LogP contribution in [0.4, 0.5) is 0 Å². The first-order valence-corrected chi connectivity index (χ1v) is 13.6. The van der Waals surface area contributed by atoms with Crippen molar-refractivity contribution in [3.63, 3.8) is 0 Å². The Balaban J connectivity index is 0.000000962. The van der Waals surface area contributed by atoms with E-state index in [-0.39, 0.29) is 29.4 Å². The van der Waals surface area contributed by atoms with Gasteiger partial charge in [0.05, 0.1) is 53.1 Å². The zero-order valence-corrected chi connectivity index (χ0v) is 25.1. The Morgan fingerprint density at radius 1 is 0.976 bits per heavy atom. The highest BCUT2D eigenvalue weighted by atomic mass is 35.5. The second-order valence-corrected chi connectivity index (χ2v) is 9.30. The zero-order chi connectivity index (χ0) is 31.7. The van der Waals surface area contributed by atoms with Crippen LogP contribution in [-0.2, 0) is 38.1 Å². The van der Waals surface area contributed by atoms with Crippen LogP contribution in [0.25, 0.3) is 0 Å². The second kappa shape index (κ2) is 19.7. The standard InChI is InChI=1S/C24H32Cl2N2O6.C4H4O4/c1-4-34-24(30)21-18(14-33-13-7-12-32-11-6-10-27)28-15(2)19(23(29)31-3)20(21)16-8-5-9-17(25)22(16)26;5-3(6)1-2-4(7)8/h5,8-9,20,28H,4,6-7,10-14,27H2,1-3H3;1-2H,(H,5,6)(H,7,8)/t20-;/m1./s1. The van der Waals surface area contributed by atoms with Crippen molar-refractivity contribution in [2.75, 3.05) is 46.7 Å². The van der Waals surface area contributed by atoms with Crippen molar-refractivity contribution in [1.29, 1.82) is 0 Å². The number of carboxylic acids is 2. The molecule has 5 N–H and O–H groups in total. The minimum absolute atomic E-state index is 0.0947. The molecule has 12 nitrogen and oxygen atoms in total. The summed E-state index contributed by atoms with van der Waals surface area (Å²) in [4.78, 5) is 45.0. The second-order valence-electron chi connectivity index (χ2n) is 8.51. The molecule has 0 saturated heterocycles. The van der Waals surface area contributed by atoms with Gasteiger partial charge in [0.2, 0.25) is 0 Å². The summed E-state index contributed by atoms with van der Waals surface area (Å²) in [6.07, 6.45) is 2.60. The van der Waals surface area contributed by atoms with Crippen LogP contribution in [0.5, 0.6) is 0 Å². The van der Waals surface area contributed by atoms with E-state index in [1.54, 1.807) is 32.0 Å². The highest BCUT2D eigenvalue weighted by Crippen LogP contribution is 2.43. The molecule has 0 spiro atoms. The van der Waals surface area contributed by atoms with E-state index in [2.05, 4.69) is 5.32 Å². The average molecular weight is 632 g/mol. The molecule has 0 amide bonds. The Morgan fingerprint density at radius 3 is 2.17 bits per heavy atom. The summed E-state index contributed by atoms with van der Waals surface area (Å²) in [6.45, 7) is 5.84. The van der Waals surface area contributed by atoms with Crippen molar-refractivity contribution in [2.24, 2.45) is 5.73 Å². The van der Waals surface area contributed by atoms with Gasteiger partial charge in [-0.15, -0.1) is 0 Å². The number of allylic oxidation sites excluding steroid dienone is 1. The van der Waals surface area contributed by atoms with Gasteiger partial charge in [0.1, 0.15) is 0 Å². The fraction of sp³-hybridized carbons (Fsp3) is 0.429. The van der Waals surface area contributed by atoms with Gasteiger partial charge >= 0.3 is 23.9 Å². The zero-order valence-electron chi connectivity index (χ0n) is 23.6. The first-order valence-electron chi connectivity index (χ1n) is 12.9. The van der Waals surface area contributed by atoms with E-state index in [0.29, 0.717) is 66.9 Å². The molecule has 1 heterocycles. The van der Waals surface area contributed by atoms with Gasteiger partial charge < -0.3 is 40.2 Å². The molecule has 0 radical (unpaired) electrons. The van der Waals surface area contributed by atoms with E-state index in [1.165, 1.54) is 7.11 Å². The van der Waals surface area contributed by atoms with Gasteiger partial charge in [-0.25, -0.2) is 19.2 Å². The van der Waals surface area contributed by atoms with Crippen LogP contribution >= 0.6 is 23.2 Å². The minimum Gasteiger partial charge on any atom is -0.478 e. The van der Waals surface area contributed by atoms with E-state index >= 15 is 0 Å². The maximum atomic E-state index is 13.1. The largest absolute Gasteiger partial charge is 0.478 e. The summed E-state index contributed by atoms with van der Waals surface area (Å²) in [5.74, 6) is -4.55. The Bertz CT molecular complexity index is 1180. The van der Waals surface area contributed by atoms with Gasteiger partial charge in [0, 0.05) is 37.7 Å². The van der Waals surface area contributed by atoms with Gasteiger partial charge in [0.15, 0.2) is 0 Å². The number of esters is 2. The van der Waals surface area contributed by atoms with Crippen LogP contribution in [0, 0.1) is 0 Å². The lowest BCUT2D eigenvalue weighted by Crippen LogP contribution is -2.35. The summed E-state index contributed by atoms with van der Waals surface area (Å²) in [5, 5.41) is 19.3. The molecule has 1 aliphatic rings. The molecule has 0 bridgehead atoms. The van der Waals surface area contributed by atoms with Crippen LogP contribution in [0.3, 0.4) is 0 Å². The van der Waals surface area contributed by atoms with Crippen molar-refractivity contribution in [3.05, 3.63) is 68.5 Å². The van der Waals surface area contributed by atoms with Crippen molar-refractivity contribution in [2.45, 2.75) is 32.6 Å². The quantitative estimate of drug-likeness (QED) is 0.126. The number of benzene rings is 1. The van der Waals surface area contributed by atoms with Crippen molar-refractivity contribution in [1.82, 2.24) is 5.32 Å². The number of carbonyl (C=O) groups is 4. The number of ether oxygens (including phenoxy) is 4. The summed E-state index contributed by atoms with van der Waals surface area (Å²) >= 11 is 12.8. The highest BCUT2D eigenvalue weighted by Gasteiger charge is 2.40. The van der Waals surface area contributed by atoms with Crippen molar-refractivity contribution in [3.8, 4) is 0 Å². The van der Waals surface area contributed by atoms with E-state index in [9.17, 15) is 19.2 Å². The number of halogens is 2. The first kappa shape index (κ1) is 36.6. The third-order valence-corrected chi connectivity index (χ3v) is 6.36. The average Bonchev–Trinajstić information content (AvgIpc) is 2.94. The number of hydrogen-bond acceptors (Lipinski definition) is 10. The smallest absolute Gasteiger partial charge is 0.336 e. The van der Waals surface area contributed by atoms with Crippen LogP contribution in [0.15, 0.2) is 52.9 Å².